The highest BCUT2D eigenvalue weighted by Crippen LogP contribution is 2.39. The molecule has 0 radical (unpaired) electrons. The highest BCUT2D eigenvalue weighted by Gasteiger charge is 2.25. The highest BCUT2D eigenvalue weighted by atomic mass is 35.5. The van der Waals surface area contributed by atoms with Gasteiger partial charge in [0.15, 0.2) is 5.82 Å². The fourth-order valence-electron chi connectivity index (χ4n) is 3.83. The molecule has 3 aromatic carbocycles. The monoisotopic (exact) mass is 471 g/mol. The van der Waals surface area contributed by atoms with Crippen molar-refractivity contribution in [2.24, 2.45) is 9.98 Å². The van der Waals surface area contributed by atoms with Gasteiger partial charge in [-0.2, -0.15) is 5.26 Å². The summed E-state index contributed by atoms with van der Waals surface area (Å²) in [4.78, 5) is 21.6. The van der Waals surface area contributed by atoms with E-state index in [1.807, 2.05) is 12.1 Å². The molecule has 34 heavy (non-hydrogen) atoms. The number of fused-ring (bicyclic) bond motifs is 2. The summed E-state index contributed by atoms with van der Waals surface area (Å²) < 4.78 is 14.5. The predicted molar refractivity (Wildman–Crippen MR) is 125 cm³/mol. The molecule has 166 valence electrons. The smallest absolute Gasteiger partial charge is 0.244 e. The van der Waals surface area contributed by atoms with Gasteiger partial charge in [-0.05, 0) is 54.6 Å². The van der Waals surface area contributed by atoms with Crippen LogP contribution in [0.15, 0.2) is 82.5 Å². The molecule has 1 aromatic heterocycles. The number of carbonyl (C=O) groups is 1. The second kappa shape index (κ2) is 8.46. The number of nitrogens with one attached hydrogen (secondary N) is 1. The van der Waals surface area contributed by atoms with E-state index in [9.17, 15) is 19.6 Å². The van der Waals surface area contributed by atoms with E-state index in [1.54, 1.807) is 30.3 Å². The van der Waals surface area contributed by atoms with Crippen molar-refractivity contribution in [3.63, 3.8) is 0 Å². The summed E-state index contributed by atoms with van der Waals surface area (Å²) in [6.45, 7) is -0.260. The second-order valence-corrected chi connectivity index (χ2v) is 7.96. The zero-order chi connectivity index (χ0) is 23.8. The first-order valence-electron chi connectivity index (χ1n) is 10.2. The van der Waals surface area contributed by atoms with Crippen LogP contribution in [0.1, 0.15) is 5.56 Å². The minimum Gasteiger partial charge on any atom is -0.494 e. The summed E-state index contributed by atoms with van der Waals surface area (Å²) in [5.41, 5.74) is 1.14. The lowest BCUT2D eigenvalue weighted by Gasteiger charge is -2.09. The molecule has 0 bridgehead atoms. The average molecular weight is 472 g/mol. The molecule has 1 amide bonds. The Labute approximate surface area is 197 Å². The number of amides is 1. The number of para-hydroxylation sites is 2. The number of allylic oxidation sites excluding steroid dienone is 1. The summed E-state index contributed by atoms with van der Waals surface area (Å²) in [5, 5.41) is 25.9. The SMILES string of the molecule is N#CC(=C1N=c2ccccc2=N1)c1c(O)n(CC(=O)Nc2ccc(F)cc2)c2ccc(Cl)cc12. The van der Waals surface area contributed by atoms with Crippen molar-refractivity contribution < 1.29 is 14.3 Å². The maximum atomic E-state index is 13.2. The van der Waals surface area contributed by atoms with Crippen molar-refractivity contribution in [3.05, 3.63) is 99.7 Å². The third-order valence-corrected chi connectivity index (χ3v) is 5.58. The van der Waals surface area contributed by atoms with E-state index in [0.29, 0.717) is 32.3 Å². The molecule has 0 aliphatic carbocycles. The largest absolute Gasteiger partial charge is 0.494 e. The summed E-state index contributed by atoms with van der Waals surface area (Å²) in [6.07, 6.45) is 0. The molecule has 4 aromatic rings. The number of benzene rings is 3. The van der Waals surface area contributed by atoms with Gasteiger partial charge in [-0.15, -0.1) is 0 Å². The lowest BCUT2D eigenvalue weighted by molar-refractivity contribution is -0.116. The quantitative estimate of drug-likeness (QED) is 0.441. The van der Waals surface area contributed by atoms with Gasteiger partial charge in [-0.25, -0.2) is 14.4 Å². The van der Waals surface area contributed by atoms with Gasteiger partial charge >= 0.3 is 0 Å². The Morgan fingerprint density at radius 2 is 1.76 bits per heavy atom. The molecular weight excluding hydrogens is 457 g/mol. The van der Waals surface area contributed by atoms with Gasteiger partial charge in [-0.3, -0.25) is 4.79 Å². The predicted octanol–water partition coefficient (Wildman–Crippen LogP) is 3.92. The first kappa shape index (κ1) is 21.4. The number of halogens is 2. The van der Waals surface area contributed by atoms with Gasteiger partial charge in [-0.1, -0.05) is 23.7 Å². The zero-order valence-corrected chi connectivity index (χ0v) is 18.2. The molecule has 1 aliphatic heterocycles. The Balaban J connectivity index is 1.62. The topological polar surface area (TPSA) is 103 Å². The first-order chi connectivity index (χ1) is 16.4. The van der Waals surface area contributed by atoms with Gasteiger partial charge in [0, 0.05) is 16.1 Å². The Kier molecular flexibility index (Phi) is 5.32. The maximum Gasteiger partial charge on any atom is 0.244 e. The minimum atomic E-state index is -0.450. The molecule has 2 N–H and O–H groups in total. The van der Waals surface area contributed by atoms with Gasteiger partial charge < -0.3 is 15.0 Å². The number of aromatic hydroxyl groups is 1. The number of anilines is 1. The third-order valence-electron chi connectivity index (χ3n) is 5.35. The molecular formula is C25H15ClFN5O2. The Morgan fingerprint density at radius 3 is 2.41 bits per heavy atom. The van der Waals surface area contributed by atoms with Crippen LogP contribution < -0.4 is 16.0 Å². The Hall–Kier alpha value is -4.48. The molecule has 5 rings (SSSR count). The van der Waals surface area contributed by atoms with E-state index in [1.165, 1.54) is 28.8 Å². The van der Waals surface area contributed by atoms with E-state index in [-0.39, 0.29) is 29.4 Å². The molecule has 0 unspecified atom stereocenters. The fraction of sp³-hybridized carbons (Fsp3) is 0.0400. The van der Waals surface area contributed by atoms with E-state index in [0.717, 1.165) is 0 Å². The van der Waals surface area contributed by atoms with Crippen molar-refractivity contribution in [3.8, 4) is 11.9 Å². The van der Waals surface area contributed by atoms with Gasteiger partial charge in [0.05, 0.1) is 21.8 Å². The number of hydrogen-bond donors (Lipinski definition) is 2. The van der Waals surface area contributed by atoms with Crippen LogP contribution in [0.5, 0.6) is 5.88 Å². The van der Waals surface area contributed by atoms with Crippen LogP contribution in [-0.2, 0) is 11.3 Å². The van der Waals surface area contributed by atoms with Crippen LogP contribution in [0.2, 0.25) is 5.02 Å². The number of nitrogens with zero attached hydrogens (tertiary/aromatic N) is 4. The molecule has 0 saturated carbocycles. The van der Waals surface area contributed by atoms with Crippen molar-refractivity contribution in [2.45, 2.75) is 6.54 Å². The fourth-order valence-corrected chi connectivity index (χ4v) is 4.01. The van der Waals surface area contributed by atoms with E-state index < -0.39 is 11.7 Å². The van der Waals surface area contributed by atoms with Crippen molar-refractivity contribution >= 4 is 39.7 Å². The molecule has 7 nitrogen and oxygen atoms in total. The highest BCUT2D eigenvalue weighted by molar-refractivity contribution is 6.31. The summed E-state index contributed by atoms with van der Waals surface area (Å²) >= 11 is 6.21. The van der Waals surface area contributed by atoms with E-state index in [2.05, 4.69) is 21.4 Å². The average Bonchev–Trinajstić information content (AvgIpc) is 3.36. The van der Waals surface area contributed by atoms with Crippen molar-refractivity contribution in [2.75, 3.05) is 5.32 Å². The molecule has 0 saturated heterocycles. The summed E-state index contributed by atoms with van der Waals surface area (Å²) in [5.74, 6) is -1.00. The van der Waals surface area contributed by atoms with Gasteiger partial charge in [0.2, 0.25) is 11.8 Å². The summed E-state index contributed by atoms with van der Waals surface area (Å²) in [6, 6.07) is 19.5. The number of aromatic nitrogens is 1. The van der Waals surface area contributed by atoms with Crippen molar-refractivity contribution in [1.29, 1.82) is 5.26 Å². The number of rotatable bonds is 4. The van der Waals surface area contributed by atoms with Gasteiger partial charge in [0.25, 0.3) is 0 Å². The van der Waals surface area contributed by atoms with Crippen LogP contribution in [0.25, 0.3) is 16.5 Å². The molecule has 1 aliphatic rings. The minimum absolute atomic E-state index is 0.0543. The van der Waals surface area contributed by atoms with Crippen LogP contribution in [0.3, 0.4) is 0 Å². The Bertz CT molecular complexity index is 1630. The molecule has 9 heteroatoms. The maximum absolute atomic E-state index is 13.2. The normalized spacial score (nSPS) is 12.0. The van der Waals surface area contributed by atoms with E-state index in [4.69, 9.17) is 11.6 Å². The Morgan fingerprint density at radius 1 is 1.09 bits per heavy atom. The molecule has 2 heterocycles. The number of hydrogen-bond acceptors (Lipinski definition) is 5. The lowest BCUT2D eigenvalue weighted by atomic mass is 10.1. The van der Waals surface area contributed by atoms with Crippen molar-refractivity contribution in [1.82, 2.24) is 4.57 Å². The van der Waals surface area contributed by atoms with Crippen LogP contribution >= 0.6 is 11.6 Å². The molecule has 0 spiro atoms. The molecule has 0 fully saturated rings. The molecule has 0 atom stereocenters. The number of nitriles is 1. The van der Waals surface area contributed by atoms with E-state index >= 15 is 0 Å². The van der Waals surface area contributed by atoms with Crippen LogP contribution in [0, 0.1) is 17.1 Å². The van der Waals surface area contributed by atoms with Crippen LogP contribution in [-0.4, -0.2) is 15.6 Å². The van der Waals surface area contributed by atoms with Crippen LogP contribution in [0.4, 0.5) is 10.1 Å². The third kappa shape index (κ3) is 3.78. The lowest BCUT2D eigenvalue weighted by Crippen LogP contribution is -2.19. The number of carbonyl (C=O) groups excluding carboxylic acids is 1. The standard InChI is InChI=1S/C25H15ClFN5O2/c26-14-5-10-21-17(11-14)23(18(12-28)24-30-19-3-1-2-4-20(19)31-24)25(34)32(21)13-22(33)29-16-8-6-15(27)7-9-16/h1-11,34H,13H2,(H,29,33). The zero-order valence-electron chi connectivity index (χ0n) is 17.5. The van der Waals surface area contributed by atoms with Gasteiger partial charge in [0.1, 0.15) is 24.0 Å². The first-order valence-corrected chi connectivity index (χ1v) is 10.6. The second-order valence-electron chi connectivity index (χ2n) is 7.52. The summed E-state index contributed by atoms with van der Waals surface area (Å²) in [7, 11) is 0.